The second-order valence-corrected chi connectivity index (χ2v) is 7.13. The number of carbonyl (C=O) groups excluding carboxylic acids is 1. The normalized spacial score (nSPS) is 14.2. The number of amides is 1. The number of aliphatic hydroxyl groups is 1. The van der Waals surface area contributed by atoms with Crippen molar-refractivity contribution >= 4 is 41.8 Å². The van der Waals surface area contributed by atoms with Gasteiger partial charge < -0.3 is 0 Å². The fourth-order valence-corrected chi connectivity index (χ4v) is 2.96. The number of carboxylic acid groups (broad SMARTS) is 1. The molecular formula is C9H17NO4Se2. The van der Waals surface area contributed by atoms with Crippen molar-refractivity contribution in [2.75, 3.05) is 0 Å². The standard InChI is InChI=1S/C9H17NO4Se2/c1-15-4-3-6(9(13)14)10-8(12)7(11)5-16-2/h6-7,11H,3-5H2,1-2H3,(H,10,12)(H,13,14)/t6-,7-/m0/s1. The summed E-state index contributed by atoms with van der Waals surface area (Å²) in [4.78, 5) is 22.2. The predicted molar refractivity (Wildman–Crippen MR) is 63.0 cm³/mol. The van der Waals surface area contributed by atoms with Crippen LogP contribution in [-0.4, -0.2) is 64.1 Å². The maximum atomic E-state index is 11.4. The van der Waals surface area contributed by atoms with Crippen LogP contribution < -0.4 is 5.32 Å². The van der Waals surface area contributed by atoms with E-state index < -0.39 is 24.0 Å². The van der Waals surface area contributed by atoms with Crippen LogP contribution in [0.1, 0.15) is 6.42 Å². The van der Waals surface area contributed by atoms with Gasteiger partial charge in [-0.05, 0) is 0 Å². The Hall–Kier alpha value is -0.0610. The average molecular weight is 361 g/mol. The van der Waals surface area contributed by atoms with E-state index in [1.807, 2.05) is 11.6 Å². The van der Waals surface area contributed by atoms with Gasteiger partial charge in [-0.15, -0.1) is 0 Å². The summed E-state index contributed by atoms with van der Waals surface area (Å²) in [6.07, 6.45) is -0.638. The summed E-state index contributed by atoms with van der Waals surface area (Å²) < 4.78 is 0. The van der Waals surface area contributed by atoms with E-state index in [1.54, 1.807) is 0 Å². The van der Waals surface area contributed by atoms with Crippen molar-refractivity contribution in [1.29, 1.82) is 0 Å². The Balaban J connectivity index is 4.17. The van der Waals surface area contributed by atoms with E-state index in [0.29, 0.717) is 26.7 Å². The fraction of sp³-hybridized carbons (Fsp3) is 0.778. The number of hydrogen-bond donors (Lipinski definition) is 3. The van der Waals surface area contributed by atoms with Crippen molar-refractivity contribution in [3.05, 3.63) is 0 Å². The van der Waals surface area contributed by atoms with Gasteiger partial charge in [0.05, 0.1) is 0 Å². The summed E-state index contributed by atoms with van der Waals surface area (Å²) in [5.74, 6) is 2.33. The molecular weight excluding hydrogens is 344 g/mol. The van der Waals surface area contributed by atoms with Gasteiger partial charge in [-0.25, -0.2) is 0 Å². The summed E-state index contributed by atoms with van der Waals surface area (Å²) in [5, 5.41) is 21.9. The summed E-state index contributed by atoms with van der Waals surface area (Å²) in [6.45, 7) is 0. The molecule has 7 heteroatoms. The van der Waals surface area contributed by atoms with Gasteiger partial charge in [0.2, 0.25) is 0 Å². The zero-order valence-electron chi connectivity index (χ0n) is 9.30. The molecule has 0 aromatic carbocycles. The molecule has 0 aliphatic rings. The number of rotatable bonds is 8. The Morgan fingerprint density at radius 3 is 2.38 bits per heavy atom. The summed E-state index contributed by atoms with van der Waals surface area (Å²) >= 11 is 0.589. The van der Waals surface area contributed by atoms with Gasteiger partial charge in [0.15, 0.2) is 0 Å². The number of aliphatic carboxylic acids is 1. The molecule has 0 spiro atoms. The first-order chi connectivity index (χ1) is 7.52. The van der Waals surface area contributed by atoms with Crippen LogP contribution in [0.3, 0.4) is 0 Å². The van der Waals surface area contributed by atoms with E-state index in [2.05, 4.69) is 5.32 Å². The Labute approximate surface area is 108 Å². The van der Waals surface area contributed by atoms with E-state index >= 15 is 0 Å². The number of carbonyl (C=O) groups is 2. The molecule has 0 saturated heterocycles. The zero-order valence-corrected chi connectivity index (χ0v) is 12.7. The molecule has 0 radical (unpaired) electrons. The molecule has 0 rings (SSSR count). The molecule has 3 N–H and O–H groups in total. The summed E-state index contributed by atoms with van der Waals surface area (Å²) in [7, 11) is 0. The van der Waals surface area contributed by atoms with Crippen molar-refractivity contribution in [3.8, 4) is 0 Å². The van der Waals surface area contributed by atoms with Crippen molar-refractivity contribution in [2.45, 2.75) is 40.8 Å². The molecule has 0 fully saturated rings. The van der Waals surface area contributed by atoms with E-state index in [1.165, 1.54) is 0 Å². The predicted octanol–water partition coefficient (Wildman–Crippen LogP) is -0.352. The van der Waals surface area contributed by atoms with Gasteiger partial charge >= 0.3 is 108 Å². The Morgan fingerprint density at radius 1 is 1.31 bits per heavy atom. The summed E-state index contributed by atoms with van der Waals surface area (Å²) in [6, 6.07) is -0.867. The maximum absolute atomic E-state index is 11.4. The molecule has 0 bridgehead atoms. The quantitative estimate of drug-likeness (QED) is 0.516. The van der Waals surface area contributed by atoms with Crippen molar-refractivity contribution in [1.82, 2.24) is 5.32 Å². The van der Waals surface area contributed by atoms with Gasteiger partial charge in [0, 0.05) is 0 Å². The molecule has 2 atom stereocenters. The third-order valence-corrected chi connectivity index (χ3v) is 4.57. The third kappa shape index (κ3) is 6.51. The third-order valence-electron chi connectivity index (χ3n) is 1.85. The molecule has 0 heterocycles. The second kappa shape index (κ2) is 9.02. The van der Waals surface area contributed by atoms with Crippen LogP contribution in [0.4, 0.5) is 0 Å². The molecule has 0 aliphatic heterocycles. The Bertz CT molecular complexity index is 238. The molecule has 0 unspecified atom stereocenters. The molecule has 0 aromatic heterocycles. The topological polar surface area (TPSA) is 86.6 Å². The molecule has 1 amide bonds. The van der Waals surface area contributed by atoms with Crippen LogP contribution in [0.25, 0.3) is 0 Å². The second-order valence-electron chi connectivity index (χ2n) is 3.15. The van der Waals surface area contributed by atoms with E-state index in [9.17, 15) is 14.7 Å². The van der Waals surface area contributed by atoms with Crippen LogP contribution in [0.15, 0.2) is 0 Å². The van der Waals surface area contributed by atoms with Gasteiger partial charge in [0.1, 0.15) is 0 Å². The van der Waals surface area contributed by atoms with Gasteiger partial charge in [-0.1, -0.05) is 0 Å². The average Bonchev–Trinajstić information content (AvgIpc) is 2.23. The zero-order chi connectivity index (χ0) is 12.6. The minimum absolute atomic E-state index is 0.196. The molecule has 0 saturated carbocycles. The van der Waals surface area contributed by atoms with Crippen LogP contribution in [0.2, 0.25) is 22.3 Å². The number of aliphatic hydroxyl groups excluding tert-OH is 1. The number of carboxylic acids is 1. The first-order valence-corrected chi connectivity index (χ1v) is 10.6. The van der Waals surface area contributed by atoms with E-state index in [0.717, 1.165) is 5.32 Å². The van der Waals surface area contributed by atoms with Crippen molar-refractivity contribution in [2.24, 2.45) is 0 Å². The monoisotopic (exact) mass is 363 g/mol. The molecule has 16 heavy (non-hydrogen) atoms. The van der Waals surface area contributed by atoms with Crippen LogP contribution in [-0.2, 0) is 9.59 Å². The first-order valence-electron chi connectivity index (χ1n) is 4.72. The Morgan fingerprint density at radius 2 is 1.94 bits per heavy atom. The Kier molecular flexibility index (Phi) is 8.99. The van der Waals surface area contributed by atoms with Crippen LogP contribution in [0, 0.1) is 0 Å². The van der Waals surface area contributed by atoms with Crippen LogP contribution >= 0.6 is 0 Å². The number of hydrogen-bond acceptors (Lipinski definition) is 3. The van der Waals surface area contributed by atoms with Crippen molar-refractivity contribution < 1.29 is 19.8 Å². The SMILES string of the molecule is C[Se]CC[C@H](NC(=O)[C@@H](O)C[Se]C)C(=O)O. The molecule has 0 aliphatic carbocycles. The minimum atomic E-state index is -1.07. The van der Waals surface area contributed by atoms with E-state index in [-0.39, 0.29) is 15.0 Å². The van der Waals surface area contributed by atoms with Gasteiger partial charge in [-0.2, -0.15) is 0 Å². The first kappa shape index (κ1) is 15.9. The summed E-state index contributed by atoms with van der Waals surface area (Å²) in [5.41, 5.74) is 0. The fourth-order valence-electron chi connectivity index (χ4n) is 0.995. The molecule has 5 nitrogen and oxygen atoms in total. The van der Waals surface area contributed by atoms with Gasteiger partial charge in [-0.3, -0.25) is 0 Å². The van der Waals surface area contributed by atoms with Crippen LogP contribution in [0.5, 0.6) is 0 Å². The number of nitrogens with one attached hydrogen (secondary N) is 1. The van der Waals surface area contributed by atoms with Gasteiger partial charge in [0.25, 0.3) is 0 Å². The van der Waals surface area contributed by atoms with Crippen molar-refractivity contribution in [3.63, 3.8) is 0 Å². The van der Waals surface area contributed by atoms with E-state index in [4.69, 9.17) is 5.11 Å². The molecule has 0 aromatic rings. The molecule has 94 valence electrons.